The number of hydrogen-bond acceptors (Lipinski definition) is 4. The SMILES string of the molecule is CCOC(=O)N1CCC(Nc2cnccc2Cl)CC1. The molecule has 0 bridgehead atoms. The van der Waals surface area contributed by atoms with Crippen LogP contribution in [0.3, 0.4) is 0 Å². The largest absolute Gasteiger partial charge is 0.450 e. The second-order valence-electron chi connectivity index (χ2n) is 4.46. The zero-order valence-electron chi connectivity index (χ0n) is 10.9. The minimum absolute atomic E-state index is 0.222. The lowest BCUT2D eigenvalue weighted by Gasteiger charge is -2.32. The topological polar surface area (TPSA) is 54.5 Å². The van der Waals surface area contributed by atoms with Crippen LogP contribution >= 0.6 is 11.6 Å². The summed E-state index contributed by atoms with van der Waals surface area (Å²) in [4.78, 5) is 17.4. The first-order valence-corrected chi connectivity index (χ1v) is 6.86. The van der Waals surface area contributed by atoms with Gasteiger partial charge < -0.3 is 15.0 Å². The minimum atomic E-state index is -0.222. The van der Waals surface area contributed by atoms with Crippen molar-refractivity contribution in [2.45, 2.75) is 25.8 Å². The summed E-state index contributed by atoms with van der Waals surface area (Å²) in [5.74, 6) is 0. The Morgan fingerprint density at radius 3 is 2.95 bits per heavy atom. The fraction of sp³-hybridized carbons (Fsp3) is 0.538. The number of carbonyl (C=O) groups is 1. The van der Waals surface area contributed by atoms with Crippen molar-refractivity contribution in [3.05, 3.63) is 23.5 Å². The van der Waals surface area contributed by atoms with E-state index < -0.39 is 0 Å². The lowest BCUT2D eigenvalue weighted by atomic mass is 10.1. The number of anilines is 1. The van der Waals surface area contributed by atoms with Crippen molar-refractivity contribution in [1.29, 1.82) is 0 Å². The van der Waals surface area contributed by atoms with E-state index >= 15 is 0 Å². The van der Waals surface area contributed by atoms with Crippen LogP contribution in [0.1, 0.15) is 19.8 Å². The van der Waals surface area contributed by atoms with E-state index in [9.17, 15) is 4.79 Å². The third-order valence-corrected chi connectivity index (χ3v) is 3.48. The molecule has 1 N–H and O–H groups in total. The zero-order valence-corrected chi connectivity index (χ0v) is 11.7. The van der Waals surface area contributed by atoms with Crippen molar-refractivity contribution < 1.29 is 9.53 Å². The molecule has 1 aliphatic heterocycles. The summed E-state index contributed by atoms with van der Waals surface area (Å²) in [7, 11) is 0. The number of piperidine rings is 1. The molecule has 0 aliphatic carbocycles. The van der Waals surface area contributed by atoms with Gasteiger partial charge in [-0.2, -0.15) is 0 Å². The van der Waals surface area contributed by atoms with Crippen LogP contribution in [-0.4, -0.2) is 41.7 Å². The fourth-order valence-corrected chi connectivity index (χ4v) is 2.28. The maximum atomic E-state index is 11.6. The molecule has 1 aromatic rings. The number of rotatable bonds is 3. The molecule has 1 saturated heterocycles. The Labute approximate surface area is 117 Å². The van der Waals surface area contributed by atoms with Gasteiger partial charge in [-0.25, -0.2) is 4.79 Å². The Morgan fingerprint density at radius 2 is 2.32 bits per heavy atom. The monoisotopic (exact) mass is 283 g/mol. The highest BCUT2D eigenvalue weighted by atomic mass is 35.5. The van der Waals surface area contributed by atoms with Crippen molar-refractivity contribution >= 4 is 23.4 Å². The average molecular weight is 284 g/mol. The van der Waals surface area contributed by atoms with Gasteiger partial charge in [0.15, 0.2) is 0 Å². The summed E-state index contributed by atoms with van der Waals surface area (Å²) < 4.78 is 4.99. The fourth-order valence-electron chi connectivity index (χ4n) is 2.12. The normalized spacial score (nSPS) is 16.2. The highest BCUT2D eigenvalue weighted by molar-refractivity contribution is 6.33. The number of ether oxygens (including phenoxy) is 1. The van der Waals surface area contributed by atoms with Gasteiger partial charge in [0.2, 0.25) is 0 Å². The van der Waals surface area contributed by atoms with Crippen LogP contribution < -0.4 is 5.32 Å². The second-order valence-corrected chi connectivity index (χ2v) is 4.87. The first kappa shape index (κ1) is 13.9. The van der Waals surface area contributed by atoms with Crippen LogP contribution in [0.5, 0.6) is 0 Å². The Bertz CT molecular complexity index is 434. The summed E-state index contributed by atoms with van der Waals surface area (Å²) in [6, 6.07) is 2.07. The van der Waals surface area contributed by atoms with Gasteiger partial charge in [-0.15, -0.1) is 0 Å². The molecular formula is C13H18ClN3O2. The molecule has 0 unspecified atom stereocenters. The highest BCUT2D eigenvalue weighted by Gasteiger charge is 2.23. The lowest BCUT2D eigenvalue weighted by molar-refractivity contribution is 0.0983. The lowest BCUT2D eigenvalue weighted by Crippen LogP contribution is -2.42. The molecule has 1 aromatic heterocycles. The van der Waals surface area contributed by atoms with Crippen molar-refractivity contribution in [1.82, 2.24) is 9.88 Å². The third-order valence-electron chi connectivity index (χ3n) is 3.15. The van der Waals surface area contributed by atoms with Crippen molar-refractivity contribution in [2.24, 2.45) is 0 Å². The molecular weight excluding hydrogens is 266 g/mol. The van der Waals surface area contributed by atoms with Gasteiger partial charge in [0.1, 0.15) is 0 Å². The van der Waals surface area contributed by atoms with E-state index in [1.165, 1.54) is 0 Å². The third kappa shape index (κ3) is 3.73. The summed E-state index contributed by atoms with van der Waals surface area (Å²) in [6.45, 7) is 3.64. The van der Waals surface area contributed by atoms with Gasteiger partial charge >= 0.3 is 6.09 Å². The summed E-state index contributed by atoms with van der Waals surface area (Å²) >= 11 is 6.08. The predicted octanol–water partition coefficient (Wildman–Crippen LogP) is 2.77. The Morgan fingerprint density at radius 1 is 1.58 bits per heavy atom. The van der Waals surface area contributed by atoms with Crippen LogP contribution in [-0.2, 0) is 4.74 Å². The number of likely N-dealkylation sites (tertiary alicyclic amines) is 1. The number of hydrogen-bond donors (Lipinski definition) is 1. The average Bonchev–Trinajstić information content (AvgIpc) is 2.42. The summed E-state index contributed by atoms with van der Waals surface area (Å²) in [5, 5.41) is 4.04. The van der Waals surface area contributed by atoms with E-state index in [0.29, 0.717) is 30.8 Å². The van der Waals surface area contributed by atoms with Crippen LogP contribution in [0.25, 0.3) is 0 Å². The molecule has 1 fully saturated rings. The zero-order chi connectivity index (χ0) is 13.7. The van der Waals surface area contributed by atoms with Gasteiger partial charge in [-0.05, 0) is 25.8 Å². The maximum Gasteiger partial charge on any atom is 0.409 e. The van der Waals surface area contributed by atoms with Crippen LogP contribution in [0.2, 0.25) is 5.02 Å². The molecule has 0 radical (unpaired) electrons. The van der Waals surface area contributed by atoms with Gasteiger partial charge in [-0.3, -0.25) is 4.98 Å². The molecule has 0 aromatic carbocycles. The van der Waals surface area contributed by atoms with E-state index in [1.807, 2.05) is 6.92 Å². The Hall–Kier alpha value is -1.49. The number of aromatic nitrogens is 1. The molecule has 2 heterocycles. The van der Waals surface area contributed by atoms with Crippen molar-refractivity contribution in [3.8, 4) is 0 Å². The highest BCUT2D eigenvalue weighted by Crippen LogP contribution is 2.23. The van der Waals surface area contributed by atoms with Gasteiger partial charge in [0.25, 0.3) is 0 Å². The van der Waals surface area contributed by atoms with Crippen molar-refractivity contribution in [2.75, 3.05) is 25.0 Å². The molecule has 6 heteroatoms. The second kappa shape index (κ2) is 6.61. The molecule has 1 amide bonds. The number of nitrogens with one attached hydrogen (secondary N) is 1. The molecule has 0 spiro atoms. The molecule has 104 valence electrons. The van der Waals surface area contributed by atoms with Gasteiger partial charge in [-0.1, -0.05) is 11.6 Å². The van der Waals surface area contributed by atoms with Crippen LogP contribution in [0.4, 0.5) is 10.5 Å². The number of amides is 1. The first-order chi connectivity index (χ1) is 9.20. The van der Waals surface area contributed by atoms with E-state index in [-0.39, 0.29) is 6.09 Å². The quantitative estimate of drug-likeness (QED) is 0.927. The molecule has 0 atom stereocenters. The molecule has 5 nitrogen and oxygen atoms in total. The summed E-state index contributed by atoms with van der Waals surface area (Å²) in [6.07, 6.45) is 4.92. The van der Waals surface area contributed by atoms with E-state index in [1.54, 1.807) is 23.4 Å². The van der Waals surface area contributed by atoms with Crippen LogP contribution in [0, 0.1) is 0 Å². The molecule has 0 saturated carbocycles. The molecule has 2 rings (SSSR count). The van der Waals surface area contributed by atoms with Crippen LogP contribution in [0.15, 0.2) is 18.5 Å². The standard InChI is InChI=1S/C13H18ClN3O2/c1-2-19-13(18)17-7-4-10(5-8-17)16-12-9-15-6-3-11(12)14/h3,6,9-10,16H,2,4-5,7-8H2,1H3. The first-order valence-electron chi connectivity index (χ1n) is 6.48. The molecule has 1 aliphatic rings. The van der Waals surface area contributed by atoms with Gasteiger partial charge in [0.05, 0.1) is 23.5 Å². The number of halogens is 1. The maximum absolute atomic E-state index is 11.6. The Balaban J connectivity index is 1.84. The van der Waals surface area contributed by atoms with E-state index in [0.717, 1.165) is 18.5 Å². The van der Waals surface area contributed by atoms with E-state index in [2.05, 4.69) is 10.3 Å². The Kier molecular flexibility index (Phi) is 4.85. The van der Waals surface area contributed by atoms with Gasteiger partial charge in [0, 0.05) is 25.3 Å². The smallest absolute Gasteiger partial charge is 0.409 e. The summed E-state index contributed by atoms with van der Waals surface area (Å²) in [5.41, 5.74) is 0.846. The predicted molar refractivity (Wildman–Crippen MR) is 74.5 cm³/mol. The molecule has 19 heavy (non-hydrogen) atoms. The van der Waals surface area contributed by atoms with Crippen molar-refractivity contribution in [3.63, 3.8) is 0 Å². The van der Waals surface area contributed by atoms with E-state index in [4.69, 9.17) is 16.3 Å². The minimum Gasteiger partial charge on any atom is -0.450 e. The number of carbonyl (C=O) groups excluding carboxylic acids is 1. The number of pyridine rings is 1. The number of nitrogens with zero attached hydrogens (tertiary/aromatic N) is 2.